The van der Waals surface area contributed by atoms with Crippen molar-refractivity contribution >= 4 is 11.6 Å². The van der Waals surface area contributed by atoms with Gasteiger partial charge in [0.2, 0.25) is 0 Å². The molecule has 4 rings (SSSR count). The summed E-state index contributed by atoms with van der Waals surface area (Å²) in [5, 5.41) is 2.85. The van der Waals surface area contributed by atoms with E-state index in [1.165, 1.54) is 24.3 Å². The largest absolute Gasteiger partial charge is 0.497 e. The fraction of sp³-hybridized carbons (Fsp3) is 0.115. The number of aromatic nitrogens is 1. The number of amides is 1. The number of hydrogen-bond donors (Lipinski definition) is 1. The minimum Gasteiger partial charge on any atom is -0.497 e. The van der Waals surface area contributed by atoms with Crippen molar-refractivity contribution in [2.75, 3.05) is 19.5 Å². The second kappa shape index (κ2) is 8.98. The van der Waals surface area contributed by atoms with E-state index in [4.69, 9.17) is 9.47 Å². The lowest BCUT2D eigenvalue weighted by molar-refractivity contribution is 0.102. The zero-order valence-corrected chi connectivity index (χ0v) is 18.1. The van der Waals surface area contributed by atoms with E-state index in [0.717, 1.165) is 28.4 Å². The maximum absolute atomic E-state index is 13.2. The van der Waals surface area contributed by atoms with Crippen LogP contribution in [0.5, 0.6) is 11.5 Å². The molecular weight excluding hydrogens is 407 g/mol. The Morgan fingerprint density at radius 2 is 1.56 bits per heavy atom. The first-order chi connectivity index (χ1) is 15.5. The van der Waals surface area contributed by atoms with Gasteiger partial charge in [-0.1, -0.05) is 6.07 Å². The number of methoxy groups -OCH3 is 2. The Hall–Kier alpha value is -4.06. The Balaban J connectivity index is 1.81. The molecule has 5 nitrogen and oxygen atoms in total. The molecule has 0 aliphatic heterocycles. The Kier molecular flexibility index (Phi) is 5.94. The van der Waals surface area contributed by atoms with Gasteiger partial charge in [0.05, 0.1) is 25.5 Å². The van der Waals surface area contributed by atoms with Gasteiger partial charge in [-0.3, -0.25) is 4.79 Å². The van der Waals surface area contributed by atoms with E-state index >= 15 is 0 Å². The van der Waals surface area contributed by atoms with Crippen molar-refractivity contribution in [3.63, 3.8) is 0 Å². The van der Waals surface area contributed by atoms with Crippen LogP contribution in [0.3, 0.4) is 0 Å². The number of nitrogens with one attached hydrogen (secondary N) is 1. The zero-order valence-electron chi connectivity index (χ0n) is 18.1. The number of rotatable bonds is 6. The SMILES string of the molecule is COc1ccc(-c2cc(C(=O)Nc3ccc(F)cc3)c(C)n2-c2cccc(OC)c2)cc1. The van der Waals surface area contributed by atoms with Crippen molar-refractivity contribution in [3.05, 3.63) is 95.9 Å². The molecule has 1 aromatic heterocycles. The summed E-state index contributed by atoms with van der Waals surface area (Å²) in [6.07, 6.45) is 0. The third kappa shape index (κ3) is 4.21. The fourth-order valence-corrected chi connectivity index (χ4v) is 3.62. The van der Waals surface area contributed by atoms with Crippen LogP contribution >= 0.6 is 0 Å². The predicted molar refractivity (Wildman–Crippen MR) is 123 cm³/mol. The van der Waals surface area contributed by atoms with E-state index in [1.807, 2.05) is 66.1 Å². The first-order valence-electron chi connectivity index (χ1n) is 10.1. The van der Waals surface area contributed by atoms with Gasteiger partial charge in [0.1, 0.15) is 17.3 Å². The number of halogens is 1. The molecule has 3 aromatic carbocycles. The zero-order chi connectivity index (χ0) is 22.7. The second-order valence-corrected chi connectivity index (χ2v) is 7.26. The van der Waals surface area contributed by atoms with E-state index in [-0.39, 0.29) is 11.7 Å². The van der Waals surface area contributed by atoms with Crippen molar-refractivity contribution < 1.29 is 18.7 Å². The Labute approximate surface area is 186 Å². The molecule has 0 aliphatic rings. The summed E-state index contributed by atoms with van der Waals surface area (Å²) >= 11 is 0. The molecule has 1 amide bonds. The highest BCUT2D eigenvalue weighted by Crippen LogP contribution is 2.32. The van der Waals surface area contributed by atoms with Crippen molar-refractivity contribution in [1.29, 1.82) is 0 Å². The van der Waals surface area contributed by atoms with Crippen LogP contribution in [0.15, 0.2) is 78.9 Å². The molecule has 0 spiro atoms. The van der Waals surface area contributed by atoms with Crippen molar-refractivity contribution in [2.24, 2.45) is 0 Å². The van der Waals surface area contributed by atoms with Gasteiger partial charge >= 0.3 is 0 Å². The number of hydrogen-bond acceptors (Lipinski definition) is 3. The van der Waals surface area contributed by atoms with E-state index in [0.29, 0.717) is 17.0 Å². The van der Waals surface area contributed by atoms with E-state index in [2.05, 4.69) is 5.32 Å². The molecule has 0 fully saturated rings. The van der Waals surface area contributed by atoms with Crippen LogP contribution in [0, 0.1) is 12.7 Å². The van der Waals surface area contributed by atoms with Gasteiger partial charge in [0.15, 0.2) is 0 Å². The van der Waals surface area contributed by atoms with Gasteiger partial charge in [-0.2, -0.15) is 0 Å². The van der Waals surface area contributed by atoms with Gasteiger partial charge < -0.3 is 19.4 Å². The Bertz CT molecular complexity index is 1250. The first kappa shape index (κ1) is 21.2. The number of carbonyl (C=O) groups excluding carboxylic acids is 1. The highest BCUT2D eigenvalue weighted by atomic mass is 19.1. The highest BCUT2D eigenvalue weighted by molar-refractivity contribution is 6.06. The molecular formula is C26H23FN2O3. The summed E-state index contributed by atoms with van der Waals surface area (Å²) in [5.41, 5.74) is 4.45. The number of ether oxygens (including phenoxy) is 2. The third-order valence-corrected chi connectivity index (χ3v) is 5.29. The molecule has 0 atom stereocenters. The summed E-state index contributed by atoms with van der Waals surface area (Å²) in [6, 6.07) is 22.9. The molecule has 0 saturated heterocycles. The topological polar surface area (TPSA) is 52.5 Å². The van der Waals surface area contributed by atoms with Gasteiger partial charge in [-0.25, -0.2) is 4.39 Å². The van der Waals surface area contributed by atoms with Gasteiger partial charge in [-0.05, 0) is 79.2 Å². The van der Waals surface area contributed by atoms with Crippen molar-refractivity contribution in [2.45, 2.75) is 6.92 Å². The monoisotopic (exact) mass is 430 g/mol. The second-order valence-electron chi connectivity index (χ2n) is 7.26. The summed E-state index contributed by atoms with van der Waals surface area (Å²) in [7, 11) is 3.24. The van der Waals surface area contributed by atoms with Crippen LogP contribution < -0.4 is 14.8 Å². The predicted octanol–water partition coefficient (Wildman–Crippen LogP) is 5.86. The lowest BCUT2D eigenvalue weighted by atomic mass is 10.1. The fourth-order valence-electron chi connectivity index (χ4n) is 3.62. The van der Waals surface area contributed by atoms with E-state index in [1.54, 1.807) is 14.2 Å². The molecule has 162 valence electrons. The quantitative estimate of drug-likeness (QED) is 0.417. The summed E-state index contributed by atoms with van der Waals surface area (Å²) in [6.45, 7) is 1.89. The van der Waals surface area contributed by atoms with Crippen LogP contribution in [0.25, 0.3) is 16.9 Å². The average Bonchev–Trinajstić information content (AvgIpc) is 3.17. The van der Waals surface area contributed by atoms with E-state index < -0.39 is 0 Å². The molecule has 4 aromatic rings. The molecule has 6 heteroatoms. The van der Waals surface area contributed by atoms with Gasteiger partial charge in [-0.15, -0.1) is 0 Å². The number of nitrogens with zero attached hydrogens (tertiary/aromatic N) is 1. The van der Waals surface area contributed by atoms with Crippen LogP contribution in [0.1, 0.15) is 16.1 Å². The molecule has 0 saturated carbocycles. The van der Waals surface area contributed by atoms with Crippen LogP contribution in [0.2, 0.25) is 0 Å². The highest BCUT2D eigenvalue weighted by Gasteiger charge is 2.20. The summed E-state index contributed by atoms with van der Waals surface area (Å²) in [5.74, 6) is 0.837. The van der Waals surface area contributed by atoms with Crippen LogP contribution in [0.4, 0.5) is 10.1 Å². The molecule has 1 N–H and O–H groups in total. The maximum Gasteiger partial charge on any atom is 0.257 e. The third-order valence-electron chi connectivity index (χ3n) is 5.29. The number of carbonyl (C=O) groups is 1. The minimum atomic E-state index is -0.356. The van der Waals surface area contributed by atoms with Gasteiger partial charge in [0.25, 0.3) is 5.91 Å². The summed E-state index contributed by atoms with van der Waals surface area (Å²) in [4.78, 5) is 13.1. The average molecular weight is 430 g/mol. The molecule has 32 heavy (non-hydrogen) atoms. The van der Waals surface area contributed by atoms with Crippen LogP contribution in [-0.2, 0) is 0 Å². The minimum absolute atomic E-state index is 0.273. The lowest BCUT2D eigenvalue weighted by Crippen LogP contribution is -2.13. The molecule has 0 bridgehead atoms. The van der Waals surface area contributed by atoms with Crippen molar-refractivity contribution in [1.82, 2.24) is 4.57 Å². The molecule has 1 heterocycles. The van der Waals surface area contributed by atoms with Crippen molar-refractivity contribution in [3.8, 4) is 28.4 Å². The number of anilines is 1. The van der Waals surface area contributed by atoms with Crippen LogP contribution in [-0.4, -0.2) is 24.7 Å². The standard InChI is InChI=1S/C26H23FN2O3/c1-17-24(26(30)28-20-11-9-19(27)10-12-20)16-25(18-7-13-22(31-2)14-8-18)29(17)21-5-4-6-23(15-21)32-3/h4-16H,1-3H3,(H,28,30). The summed E-state index contributed by atoms with van der Waals surface area (Å²) < 4.78 is 25.9. The molecule has 0 unspecified atom stereocenters. The van der Waals surface area contributed by atoms with E-state index in [9.17, 15) is 9.18 Å². The molecule has 0 radical (unpaired) electrons. The smallest absolute Gasteiger partial charge is 0.257 e. The normalized spacial score (nSPS) is 10.6. The number of benzene rings is 3. The lowest BCUT2D eigenvalue weighted by Gasteiger charge is -2.14. The Morgan fingerprint density at radius 3 is 2.22 bits per heavy atom. The maximum atomic E-state index is 13.2. The molecule has 0 aliphatic carbocycles. The Morgan fingerprint density at radius 1 is 0.875 bits per heavy atom. The first-order valence-corrected chi connectivity index (χ1v) is 10.1. The van der Waals surface area contributed by atoms with Gasteiger partial charge in [0, 0.05) is 23.1 Å².